The Morgan fingerprint density at radius 3 is 2.67 bits per heavy atom. The molecule has 1 aromatic carbocycles. The van der Waals surface area contributed by atoms with Gasteiger partial charge in [-0.25, -0.2) is 0 Å². The summed E-state index contributed by atoms with van der Waals surface area (Å²) in [5, 5.41) is 1.64. The maximum atomic E-state index is 12.1. The van der Waals surface area contributed by atoms with E-state index < -0.39 is 7.14 Å². The zero-order valence-corrected chi connectivity index (χ0v) is 9.66. The van der Waals surface area contributed by atoms with E-state index in [-0.39, 0.29) is 0 Å². The summed E-state index contributed by atoms with van der Waals surface area (Å²) < 4.78 is 12.1. The lowest BCUT2D eigenvalue weighted by Crippen LogP contribution is -2.11. The Hall–Kier alpha value is -1.34. The molecular formula is C11H13N2OP. The van der Waals surface area contributed by atoms with E-state index >= 15 is 0 Å². The lowest BCUT2D eigenvalue weighted by Gasteiger charge is -2.13. The van der Waals surface area contributed by atoms with Gasteiger partial charge >= 0.3 is 0 Å². The highest BCUT2D eigenvalue weighted by Gasteiger charge is 2.18. The summed E-state index contributed by atoms with van der Waals surface area (Å²) in [5.74, 6) is 0. The van der Waals surface area contributed by atoms with Gasteiger partial charge in [0.05, 0.1) is 5.52 Å². The van der Waals surface area contributed by atoms with Gasteiger partial charge in [0, 0.05) is 22.6 Å². The van der Waals surface area contributed by atoms with Crippen molar-refractivity contribution >= 4 is 29.0 Å². The number of hydrogen-bond acceptors (Lipinski definition) is 3. The molecule has 15 heavy (non-hydrogen) atoms. The van der Waals surface area contributed by atoms with Gasteiger partial charge in [0.2, 0.25) is 0 Å². The maximum absolute atomic E-state index is 12.1. The highest BCUT2D eigenvalue weighted by atomic mass is 31.2. The van der Waals surface area contributed by atoms with E-state index in [1.807, 2.05) is 18.2 Å². The zero-order valence-electron chi connectivity index (χ0n) is 8.77. The summed E-state index contributed by atoms with van der Waals surface area (Å²) in [6.45, 7) is 3.45. The van der Waals surface area contributed by atoms with Gasteiger partial charge in [0.25, 0.3) is 0 Å². The van der Waals surface area contributed by atoms with Gasteiger partial charge in [-0.05, 0) is 31.5 Å². The number of fused-ring (bicyclic) bond motifs is 1. The average Bonchev–Trinajstić information content (AvgIpc) is 2.15. The first-order chi connectivity index (χ1) is 7.00. The van der Waals surface area contributed by atoms with Gasteiger partial charge in [-0.15, -0.1) is 0 Å². The molecule has 0 spiro atoms. The molecule has 0 aliphatic heterocycles. The summed E-state index contributed by atoms with van der Waals surface area (Å²) in [6.07, 6.45) is 1.72. The largest absolute Gasteiger partial charge is 0.398 e. The minimum atomic E-state index is -2.37. The normalized spacial score (nSPS) is 11.9. The number of nitrogens with two attached hydrogens (primary N) is 1. The summed E-state index contributed by atoms with van der Waals surface area (Å²) in [4.78, 5) is 4.22. The molecule has 0 atom stereocenters. The highest BCUT2D eigenvalue weighted by molar-refractivity contribution is 7.71. The Bertz CT molecular complexity index is 560. The summed E-state index contributed by atoms with van der Waals surface area (Å²) in [5.41, 5.74) is 7.30. The van der Waals surface area contributed by atoms with Crippen LogP contribution >= 0.6 is 7.14 Å². The van der Waals surface area contributed by atoms with Crippen molar-refractivity contribution in [3.05, 3.63) is 30.5 Å². The Morgan fingerprint density at radius 1 is 1.27 bits per heavy atom. The van der Waals surface area contributed by atoms with Gasteiger partial charge in [-0.3, -0.25) is 4.98 Å². The fraction of sp³-hybridized carbons (Fsp3) is 0.182. The molecule has 4 heteroatoms. The smallest absolute Gasteiger partial charge is 0.112 e. The van der Waals surface area contributed by atoms with Gasteiger partial charge < -0.3 is 10.3 Å². The van der Waals surface area contributed by atoms with Crippen LogP contribution in [0.1, 0.15) is 0 Å². The van der Waals surface area contributed by atoms with Gasteiger partial charge in [0.15, 0.2) is 0 Å². The van der Waals surface area contributed by atoms with Crippen molar-refractivity contribution in [3.63, 3.8) is 0 Å². The highest BCUT2D eigenvalue weighted by Crippen LogP contribution is 2.39. The molecule has 0 fully saturated rings. The second-order valence-electron chi connectivity index (χ2n) is 3.92. The minimum absolute atomic E-state index is 0.587. The van der Waals surface area contributed by atoms with Crippen LogP contribution in [0.4, 0.5) is 5.69 Å². The molecule has 2 rings (SSSR count). The molecule has 0 bridgehead atoms. The summed E-state index contributed by atoms with van der Waals surface area (Å²) in [7, 11) is -2.37. The quantitative estimate of drug-likeness (QED) is 0.591. The molecule has 0 saturated carbocycles. The van der Waals surface area contributed by atoms with Crippen LogP contribution in [0.3, 0.4) is 0 Å². The fourth-order valence-electron chi connectivity index (χ4n) is 1.75. The number of hydrogen-bond donors (Lipinski definition) is 1. The Morgan fingerprint density at radius 2 is 2.00 bits per heavy atom. The second-order valence-corrected chi connectivity index (χ2v) is 7.07. The molecule has 2 aromatic rings. The van der Waals surface area contributed by atoms with E-state index in [4.69, 9.17) is 5.73 Å². The lowest BCUT2D eigenvalue weighted by molar-refractivity contribution is 0.588. The van der Waals surface area contributed by atoms with Crippen LogP contribution < -0.4 is 11.0 Å². The molecule has 3 nitrogen and oxygen atoms in total. The Labute approximate surface area is 88.7 Å². The Balaban J connectivity index is 2.92. The lowest BCUT2D eigenvalue weighted by atomic mass is 10.2. The molecule has 0 amide bonds. The molecule has 0 aliphatic carbocycles. The van der Waals surface area contributed by atoms with Crippen LogP contribution in [0.2, 0.25) is 0 Å². The third-order valence-electron chi connectivity index (χ3n) is 2.33. The molecule has 0 aliphatic rings. The van der Waals surface area contributed by atoms with Crippen molar-refractivity contribution in [1.82, 2.24) is 4.98 Å². The second kappa shape index (κ2) is 3.35. The van der Waals surface area contributed by atoms with Crippen molar-refractivity contribution < 1.29 is 4.57 Å². The number of rotatable bonds is 1. The van der Waals surface area contributed by atoms with E-state index in [9.17, 15) is 4.57 Å². The first-order valence-corrected chi connectivity index (χ1v) is 7.29. The van der Waals surface area contributed by atoms with E-state index in [1.54, 1.807) is 25.6 Å². The van der Waals surface area contributed by atoms with Crippen molar-refractivity contribution in [3.8, 4) is 0 Å². The topological polar surface area (TPSA) is 56.0 Å². The van der Waals surface area contributed by atoms with Gasteiger partial charge in [0.1, 0.15) is 7.14 Å². The van der Waals surface area contributed by atoms with E-state index in [0.717, 1.165) is 16.2 Å². The number of benzene rings is 1. The van der Waals surface area contributed by atoms with Crippen LogP contribution in [0.5, 0.6) is 0 Å². The molecule has 78 valence electrons. The standard InChI is InChI=1S/C11H13N2OP/c1-15(2,14)11-8-4-3-7-13-10(8)6-5-9(11)12/h3-7H,12H2,1-2H3. The van der Waals surface area contributed by atoms with E-state index in [1.165, 1.54) is 0 Å². The number of nitrogens with zero attached hydrogens (tertiary/aromatic N) is 1. The fourth-order valence-corrected chi connectivity index (χ4v) is 3.22. The minimum Gasteiger partial charge on any atom is -0.398 e. The van der Waals surface area contributed by atoms with Crippen LogP contribution in [0, 0.1) is 0 Å². The monoisotopic (exact) mass is 220 g/mol. The molecule has 0 saturated heterocycles. The van der Waals surface area contributed by atoms with Crippen molar-refractivity contribution in [2.75, 3.05) is 19.1 Å². The number of aromatic nitrogens is 1. The van der Waals surface area contributed by atoms with Crippen molar-refractivity contribution in [2.24, 2.45) is 0 Å². The maximum Gasteiger partial charge on any atom is 0.112 e. The molecular weight excluding hydrogens is 207 g/mol. The van der Waals surface area contributed by atoms with Crippen LogP contribution in [0.15, 0.2) is 30.5 Å². The number of pyridine rings is 1. The third-order valence-corrected chi connectivity index (χ3v) is 3.90. The number of anilines is 1. The first kappa shape index (κ1) is 10.2. The van der Waals surface area contributed by atoms with E-state index in [2.05, 4.69) is 4.98 Å². The molecule has 0 unspecified atom stereocenters. The summed E-state index contributed by atoms with van der Waals surface area (Å²) in [6, 6.07) is 7.36. The zero-order chi connectivity index (χ0) is 11.1. The van der Waals surface area contributed by atoms with Crippen molar-refractivity contribution in [1.29, 1.82) is 0 Å². The predicted molar refractivity (Wildman–Crippen MR) is 65.2 cm³/mol. The molecule has 1 aromatic heterocycles. The summed E-state index contributed by atoms with van der Waals surface area (Å²) >= 11 is 0. The average molecular weight is 220 g/mol. The van der Waals surface area contributed by atoms with Gasteiger partial charge in [-0.1, -0.05) is 6.07 Å². The van der Waals surface area contributed by atoms with Crippen LogP contribution in [-0.4, -0.2) is 18.3 Å². The molecule has 1 heterocycles. The number of nitrogen functional groups attached to an aromatic ring is 1. The van der Waals surface area contributed by atoms with Gasteiger partial charge in [-0.2, -0.15) is 0 Å². The molecule has 2 N–H and O–H groups in total. The molecule has 0 radical (unpaired) electrons. The van der Waals surface area contributed by atoms with E-state index in [0.29, 0.717) is 5.69 Å². The predicted octanol–water partition coefficient (Wildman–Crippen LogP) is 2.06. The third kappa shape index (κ3) is 1.75. The van der Waals surface area contributed by atoms with Crippen LogP contribution in [-0.2, 0) is 4.57 Å². The first-order valence-electron chi connectivity index (χ1n) is 4.69. The SMILES string of the molecule is CP(C)(=O)c1c(N)ccc2ncccc12. The van der Waals surface area contributed by atoms with Crippen molar-refractivity contribution in [2.45, 2.75) is 0 Å². The van der Waals surface area contributed by atoms with Crippen LogP contribution in [0.25, 0.3) is 10.9 Å². The Kier molecular flexibility index (Phi) is 2.28.